The van der Waals surface area contributed by atoms with Crippen LogP contribution in [-0.4, -0.2) is 25.0 Å². The van der Waals surface area contributed by atoms with Gasteiger partial charge in [0.1, 0.15) is 9.84 Å². The van der Waals surface area contributed by atoms with E-state index in [0.29, 0.717) is 23.4 Å². The first-order valence-corrected chi connectivity index (χ1v) is 9.22. The van der Waals surface area contributed by atoms with Crippen molar-refractivity contribution in [2.24, 2.45) is 5.92 Å². The minimum Gasteiger partial charge on any atom is -0.385 e. The zero-order chi connectivity index (χ0) is 15.0. The molecule has 0 aromatic heterocycles. The van der Waals surface area contributed by atoms with Gasteiger partial charge in [0, 0.05) is 16.8 Å². The van der Waals surface area contributed by atoms with Crippen molar-refractivity contribution in [1.29, 1.82) is 0 Å². The maximum absolute atomic E-state index is 11.8. The first-order chi connectivity index (χ1) is 9.23. The van der Waals surface area contributed by atoms with Crippen molar-refractivity contribution in [2.45, 2.75) is 43.5 Å². The van der Waals surface area contributed by atoms with Crippen LogP contribution in [0.1, 0.15) is 38.2 Å². The number of halogens is 1. The second-order valence-corrected chi connectivity index (χ2v) is 8.68. The minimum atomic E-state index is -3.06. The molecule has 0 bridgehead atoms. The third-order valence-corrected chi connectivity index (χ3v) is 6.41. The van der Waals surface area contributed by atoms with Gasteiger partial charge in [-0.15, -0.1) is 0 Å². The molecule has 1 saturated carbocycles. The van der Waals surface area contributed by atoms with Crippen LogP contribution >= 0.6 is 11.6 Å². The largest absolute Gasteiger partial charge is 0.385 e. The molecule has 20 heavy (non-hydrogen) atoms. The molecule has 1 aliphatic rings. The van der Waals surface area contributed by atoms with Crippen LogP contribution in [-0.2, 0) is 15.4 Å². The van der Waals surface area contributed by atoms with E-state index in [2.05, 4.69) is 0 Å². The van der Waals surface area contributed by atoms with Crippen LogP contribution in [0.4, 0.5) is 0 Å². The smallest absolute Gasteiger partial charge is 0.150 e. The number of benzene rings is 1. The highest BCUT2D eigenvalue weighted by atomic mass is 35.5. The van der Waals surface area contributed by atoms with E-state index in [1.807, 2.05) is 18.2 Å². The Morgan fingerprint density at radius 1 is 1.30 bits per heavy atom. The lowest BCUT2D eigenvalue weighted by Gasteiger charge is -2.39. The van der Waals surface area contributed by atoms with Crippen molar-refractivity contribution < 1.29 is 13.5 Å². The van der Waals surface area contributed by atoms with Crippen molar-refractivity contribution >= 4 is 21.4 Å². The van der Waals surface area contributed by atoms with Gasteiger partial charge in [-0.25, -0.2) is 8.42 Å². The lowest BCUT2D eigenvalue weighted by Crippen LogP contribution is -2.39. The van der Waals surface area contributed by atoms with E-state index < -0.39 is 15.4 Å². The summed E-state index contributed by atoms with van der Waals surface area (Å²) in [4.78, 5) is 0. The molecule has 1 aromatic carbocycles. The summed E-state index contributed by atoms with van der Waals surface area (Å²) in [5, 5.41) is 11.1. The van der Waals surface area contributed by atoms with Crippen LogP contribution in [0.5, 0.6) is 0 Å². The highest BCUT2D eigenvalue weighted by Crippen LogP contribution is 2.42. The van der Waals surface area contributed by atoms with Gasteiger partial charge in [0.05, 0.1) is 10.9 Å². The quantitative estimate of drug-likeness (QED) is 0.932. The van der Waals surface area contributed by atoms with E-state index in [1.165, 1.54) is 6.26 Å². The third-order valence-electron chi connectivity index (χ3n) is 4.45. The van der Waals surface area contributed by atoms with Crippen LogP contribution < -0.4 is 0 Å². The van der Waals surface area contributed by atoms with Gasteiger partial charge in [-0.3, -0.25) is 0 Å². The summed E-state index contributed by atoms with van der Waals surface area (Å²) in [6.45, 7) is 1.74. The molecule has 0 radical (unpaired) electrons. The molecule has 0 amide bonds. The lowest BCUT2D eigenvalue weighted by atomic mass is 9.74. The van der Waals surface area contributed by atoms with E-state index in [-0.39, 0.29) is 11.2 Å². The molecule has 3 unspecified atom stereocenters. The van der Waals surface area contributed by atoms with Crippen LogP contribution in [0.3, 0.4) is 0 Å². The summed E-state index contributed by atoms with van der Waals surface area (Å²) in [5.41, 5.74) is -0.414. The summed E-state index contributed by atoms with van der Waals surface area (Å²) >= 11 is 6.18. The van der Waals surface area contributed by atoms with E-state index in [4.69, 9.17) is 11.6 Å². The number of rotatable bonds is 3. The van der Waals surface area contributed by atoms with Crippen molar-refractivity contribution in [3.63, 3.8) is 0 Å². The van der Waals surface area contributed by atoms with E-state index >= 15 is 0 Å². The van der Waals surface area contributed by atoms with Gasteiger partial charge in [-0.05, 0) is 38.2 Å². The predicted molar refractivity (Wildman–Crippen MR) is 81.6 cm³/mol. The zero-order valence-corrected chi connectivity index (χ0v) is 13.4. The Morgan fingerprint density at radius 2 is 1.95 bits per heavy atom. The van der Waals surface area contributed by atoms with E-state index in [0.717, 1.165) is 12.8 Å². The molecule has 1 aromatic rings. The summed E-state index contributed by atoms with van der Waals surface area (Å²) in [7, 11) is -3.06. The summed E-state index contributed by atoms with van der Waals surface area (Å²) in [6, 6.07) is 7.23. The van der Waals surface area contributed by atoms with Crippen molar-refractivity contribution in [1.82, 2.24) is 0 Å². The maximum atomic E-state index is 11.8. The monoisotopic (exact) mass is 316 g/mol. The van der Waals surface area contributed by atoms with Crippen molar-refractivity contribution in [2.75, 3.05) is 6.26 Å². The second-order valence-electron chi connectivity index (χ2n) is 5.94. The Kier molecular flexibility index (Phi) is 4.47. The molecule has 1 N–H and O–H groups in total. The summed E-state index contributed by atoms with van der Waals surface area (Å²) in [6.07, 6.45) is 4.11. The zero-order valence-electron chi connectivity index (χ0n) is 11.8. The average molecular weight is 317 g/mol. The number of aliphatic hydroxyl groups is 1. The van der Waals surface area contributed by atoms with Crippen molar-refractivity contribution in [3.8, 4) is 0 Å². The van der Waals surface area contributed by atoms with E-state index in [9.17, 15) is 13.5 Å². The van der Waals surface area contributed by atoms with Crippen LogP contribution in [0, 0.1) is 5.92 Å². The minimum absolute atomic E-state index is 0.0872. The molecule has 0 saturated heterocycles. The molecule has 1 fully saturated rings. The van der Waals surface area contributed by atoms with Gasteiger partial charge in [-0.1, -0.05) is 36.2 Å². The summed E-state index contributed by atoms with van der Waals surface area (Å²) < 4.78 is 23.5. The second kappa shape index (κ2) is 5.66. The van der Waals surface area contributed by atoms with Gasteiger partial charge in [0.25, 0.3) is 0 Å². The van der Waals surface area contributed by atoms with Crippen LogP contribution in [0.15, 0.2) is 24.3 Å². The average Bonchev–Trinajstić information content (AvgIpc) is 2.38. The van der Waals surface area contributed by atoms with Gasteiger partial charge < -0.3 is 5.11 Å². The molecule has 1 aliphatic carbocycles. The van der Waals surface area contributed by atoms with Gasteiger partial charge in [0.2, 0.25) is 0 Å². The Labute approximate surface area is 125 Å². The topological polar surface area (TPSA) is 54.4 Å². The number of sulfone groups is 1. The SMILES string of the molecule is CC(O)(c1ccccc1Cl)C1CCCC(S(C)(=O)=O)C1. The highest BCUT2D eigenvalue weighted by Gasteiger charge is 2.40. The molecule has 3 atom stereocenters. The third kappa shape index (κ3) is 3.18. The molecule has 0 spiro atoms. The van der Waals surface area contributed by atoms with Crippen LogP contribution in [0.25, 0.3) is 0 Å². The molecular weight excluding hydrogens is 296 g/mol. The number of hydrogen-bond donors (Lipinski definition) is 1. The fourth-order valence-corrected chi connectivity index (χ4v) is 4.64. The Morgan fingerprint density at radius 3 is 2.55 bits per heavy atom. The standard InChI is InChI=1S/C15H21ClO3S/c1-15(17,13-8-3-4-9-14(13)16)11-6-5-7-12(10-11)20(2,18)19/h3-4,8-9,11-12,17H,5-7,10H2,1-2H3. The first-order valence-electron chi connectivity index (χ1n) is 6.89. The lowest BCUT2D eigenvalue weighted by molar-refractivity contribution is -0.0207. The van der Waals surface area contributed by atoms with Crippen molar-refractivity contribution in [3.05, 3.63) is 34.9 Å². The maximum Gasteiger partial charge on any atom is 0.150 e. The molecular formula is C15H21ClO3S. The molecule has 0 aliphatic heterocycles. The molecule has 5 heteroatoms. The Balaban J connectivity index is 2.28. The highest BCUT2D eigenvalue weighted by molar-refractivity contribution is 7.91. The Hall–Kier alpha value is -0.580. The fraction of sp³-hybridized carbons (Fsp3) is 0.600. The van der Waals surface area contributed by atoms with Gasteiger partial charge in [-0.2, -0.15) is 0 Å². The molecule has 0 heterocycles. The van der Waals surface area contributed by atoms with Gasteiger partial charge in [0.15, 0.2) is 0 Å². The predicted octanol–water partition coefficient (Wildman–Crippen LogP) is 3.15. The molecule has 2 rings (SSSR count). The Bertz CT molecular complexity index is 581. The van der Waals surface area contributed by atoms with E-state index in [1.54, 1.807) is 13.0 Å². The first kappa shape index (κ1) is 15.8. The van der Waals surface area contributed by atoms with Crippen LogP contribution in [0.2, 0.25) is 5.02 Å². The fourth-order valence-electron chi connectivity index (χ4n) is 3.14. The normalized spacial score (nSPS) is 27.0. The molecule has 112 valence electrons. The summed E-state index contributed by atoms with van der Waals surface area (Å²) in [5.74, 6) is -0.0872. The molecule has 3 nitrogen and oxygen atoms in total. The van der Waals surface area contributed by atoms with Gasteiger partial charge >= 0.3 is 0 Å². The number of hydrogen-bond acceptors (Lipinski definition) is 3.